The Labute approximate surface area is 253 Å². The van der Waals surface area contributed by atoms with E-state index in [9.17, 15) is 25.2 Å². The van der Waals surface area contributed by atoms with Gasteiger partial charge in [-0.3, -0.25) is 4.79 Å². The van der Waals surface area contributed by atoms with Gasteiger partial charge in [0.1, 0.15) is 18.3 Å². The largest absolute Gasteiger partial charge is 0.481 e. The second kappa shape index (κ2) is 9.77. The summed E-state index contributed by atoms with van der Waals surface area (Å²) in [6.45, 7) is 17.3. The number of carbonyl (C=O) groups is 1. The lowest BCUT2D eigenvalue weighted by Crippen LogP contribution is -2.64. The van der Waals surface area contributed by atoms with Gasteiger partial charge in [-0.25, -0.2) is 0 Å². The molecule has 0 aromatic carbocycles. The number of carboxylic acid groups (broad SMARTS) is 1. The summed E-state index contributed by atoms with van der Waals surface area (Å²) in [7, 11) is 0. The van der Waals surface area contributed by atoms with E-state index >= 15 is 0 Å². The number of hydrogen-bond donors (Lipinski definition) is 4. The van der Waals surface area contributed by atoms with Crippen molar-refractivity contribution in [3.8, 4) is 0 Å². The summed E-state index contributed by atoms with van der Waals surface area (Å²) in [5.74, 6) is 1.06. The Morgan fingerprint density at radius 2 is 1.57 bits per heavy atom. The molecule has 0 amide bonds. The summed E-state index contributed by atoms with van der Waals surface area (Å²) < 4.78 is 5.88. The molecule has 6 nitrogen and oxygen atoms in total. The standard InChI is InChI=1S/C36H58O6/c1-31(2)14-16-36(30(40)41)17-15-34(6)22(23(36)19-31)8-9-27-33(5)12-10-21(18-25-29(39)28(38)24(37)20-42-25)32(3,4)26(33)11-13-35(27,34)7/h8,21,23-29,37-39H,9-20H2,1-7H3,(H,40,41)/t21-,23?,24+,25-,26?,27?,28-,29?,33-,34+,35+,36-/m0/s1. The number of aliphatic carboxylic acids is 1. The lowest BCUT2D eigenvalue weighted by Gasteiger charge is -2.71. The quantitative estimate of drug-likeness (QED) is 0.287. The predicted molar refractivity (Wildman–Crippen MR) is 163 cm³/mol. The number of fused-ring (bicyclic) bond motifs is 7. The third kappa shape index (κ3) is 4.13. The number of hydrogen-bond acceptors (Lipinski definition) is 5. The van der Waals surface area contributed by atoms with E-state index in [1.807, 2.05) is 0 Å². The van der Waals surface area contributed by atoms with Gasteiger partial charge in [0.05, 0.1) is 18.1 Å². The van der Waals surface area contributed by atoms with Crippen LogP contribution in [0.25, 0.3) is 0 Å². The number of carboxylic acids is 1. The van der Waals surface area contributed by atoms with E-state index in [0.717, 1.165) is 51.4 Å². The average molecular weight is 587 g/mol. The highest BCUT2D eigenvalue weighted by Crippen LogP contribution is 2.76. The number of rotatable bonds is 3. The van der Waals surface area contributed by atoms with Crippen LogP contribution in [-0.2, 0) is 9.53 Å². The van der Waals surface area contributed by atoms with E-state index in [0.29, 0.717) is 24.2 Å². The van der Waals surface area contributed by atoms with Crippen molar-refractivity contribution in [3.05, 3.63) is 11.6 Å². The fourth-order valence-electron chi connectivity index (χ4n) is 12.5. The summed E-state index contributed by atoms with van der Waals surface area (Å²) in [6.07, 6.45) is 9.78. The monoisotopic (exact) mass is 586 g/mol. The first-order chi connectivity index (χ1) is 19.4. The minimum absolute atomic E-state index is 0.0267. The minimum atomic E-state index is -1.15. The third-order valence-electron chi connectivity index (χ3n) is 15.4. The number of aliphatic hydroxyl groups is 3. The van der Waals surface area contributed by atoms with E-state index in [2.05, 4.69) is 54.5 Å². The van der Waals surface area contributed by atoms with Gasteiger partial charge in [-0.1, -0.05) is 60.1 Å². The first kappa shape index (κ1) is 31.0. The number of ether oxygens (including phenoxy) is 1. The molecule has 5 fully saturated rings. The lowest BCUT2D eigenvalue weighted by atomic mass is 9.33. The fourth-order valence-corrected chi connectivity index (χ4v) is 12.5. The summed E-state index contributed by atoms with van der Waals surface area (Å²) in [5.41, 5.74) is 1.48. The molecule has 5 aliphatic carbocycles. The molecule has 12 atom stereocenters. The highest BCUT2D eigenvalue weighted by molar-refractivity contribution is 5.76. The zero-order chi connectivity index (χ0) is 30.7. The van der Waals surface area contributed by atoms with Crippen LogP contribution in [-0.4, -0.2) is 57.4 Å². The minimum Gasteiger partial charge on any atom is -0.481 e. The Morgan fingerprint density at radius 1 is 0.881 bits per heavy atom. The van der Waals surface area contributed by atoms with Gasteiger partial charge in [0, 0.05) is 0 Å². The summed E-state index contributed by atoms with van der Waals surface area (Å²) in [5, 5.41) is 41.6. The van der Waals surface area contributed by atoms with Crippen molar-refractivity contribution >= 4 is 5.97 Å². The van der Waals surface area contributed by atoms with Crippen LogP contribution in [0.5, 0.6) is 0 Å². The Morgan fingerprint density at radius 3 is 2.26 bits per heavy atom. The molecule has 0 radical (unpaired) electrons. The molecule has 6 heteroatoms. The van der Waals surface area contributed by atoms with Crippen molar-refractivity contribution in [1.29, 1.82) is 0 Å². The number of allylic oxidation sites excluding steroid dienone is 2. The molecule has 0 aromatic heterocycles. The van der Waals surface area contributed by atoms with Gasteiger partial charge in [0.15, 0.2) is 0 Å². The molecule has 0 aromatic rings. The Kier molecular flexibility index (Phi) is 7.23. The van der Waals surface area contributed by atoms with Crippen LogP contribution in [0.2, 0.25) is 0 Å². The molecule has 0 bridgehead atoms. The van der Waals surface area contributed by atoms with Crippen LogP contribution >= 0.6 is 0 Å². The highest BCUT2D eigenvalue weighted by Gasteiger charge is 2.69. The van der Waals surface area contributed by atoms with Gasteiger partial charge >= 0.3 is 5.97 Å². The molecule has 4 unspecified atom stereocenters. The van der Waals surface area contributed by atoms with E-state index in [1.165, 1.54) is 18.4 Å². The molecule has 42 heavy (non-hydrogen) atoms. The van der Waals surface area contributed by atoms with Crippen LogP contribution in [0, 0.1) is 56.2 Å². The van der Waals surface area contributed by atoms with Crippen molar-refractivity contribution < 1.29 is 30.0 Å². The van der Waals surface area contributed by atoms with E-state index in [4.69, 9.17) is 4.74 Å². The van der Waals surface area contributed by atoms with Gasteiger partial charge in [-0.15, -0.1) is 0 Å². The normalized spacial score (nSPS) is 53.0. The van der Waals surface area contributed by atoms with Crippen LogP contribution < -0.4 is 0 Å². The van der Waals surface area contributed by atoms with Crippen LogP contribution in [0.1, 0.15) is 119 Å². The maximum absolute atomic E-state index is 12.9. The predicted octanol–water partition coefficient (Wildman–Crippen LogP) is 6.36. The van der Waals surface area contributed by atoms with Crippen molar-refractivity contribution in [1.82, 2.24) is 0 Å². The SMILES string of the molecule is CC1(C)CC[C@]2(C(=O)O)CC[C@]3(C)C(=CCC4[C@@]5(C)CC[C@@H](C[C@@H]6OC[C@@H](O)[C@H](O)C6O)C(C)(C)C5CC[C@]43C)C2C1. The van der Waals surface area contributed by atoms with Gasteiger partial charge < -0.3 is 25.2 Å². The van der Waals surface area contributed by atoms with Gasteiger partial charge in [0.25, 0.3) is 0 Å². The Balaban J connectivity index is 1.30. The van der Waals surface area contributed by atoms with Crippen LogP contribution in [0.3, 0.4) is 0 Å². The average Bonchev–Trinajstić information content (AvgIpc) is 2.90. The van der Waals surface area contributed by atoms with E-state index in [-0.39, 0.29) is 39.6 Å². The van der Waals surface area contributed by atoms with Crippen LogP contribution in [0.4, 0.5) is 0 Å². The van der Waals surface area contributed by atoms with Gasteiger partial charge in [-0.05, 0) is 121 Å². The smallest absolute Gasteiger partial charge is 0.310 e. The number of aliphatic hydroxyl groups excluding tert-OH is 3. The van der Waals surface area contributed by atoms with E-state index < -0.39 is 35.8 Å². The summed E-state index contributed by atoms with van der Waals surface area (Å²) in [6, 6.07) is 0. The van der Waals surface area contributed by atoms with Gasteiger partial charge in [0.2, 0.25) is 0 Å². The lowest BCUT2D eigenvalue weighted by molar-refractivity contribution is -0.213. The molecule has 4 saturated carbocycles. The molecule has 1 aliphatic heterocycles. The first-order valence-corrected chi connectivity index (χ1v) is 17.0. The van der Waals surface area contributed by atoms with Crippen molar-refractivity contribution in [2.24, 2.45) is 56.2 Å². The molecule has 0 spiro atoms. The second-order valence-corrected chi connectivity index (χ2v) is 17.9. The zero-order valence-electron chi connectivity index (χ0n) is 27.3. The second-order valence-electron chi connectivity index (χ2n) is 17.9. The Bertz CT molecular complexity index is 1130. The third-order valence-corrected chi connectivity index (χ3v) is 15.4. The molecule has 1 heterocycles. The molecule has 6 aliphatic rings. The topological polar surface area (TPSA) is 107 Å². The summed E-state index contributed by atoms with van der Waals surface area (Å²) >= 11 is 0. The molecule has 1 saturated heterocycles. The molecule has 4 N–H and O–H groups in total. The fraction of sp³-hybridized carbons (Fsp3) is 0.917. The van der Waals surface area contributed by atoms with E-state index in [1.54, 1.807) is 0 Å². The van der Waals surface area contributed by atoms with Crippen molar-refractivity contribution in [3.63, 3.8) is 0 Å². The highest BCUT2D eigenvalue weighted by atomic mass is 16.5. The molecule has 238 valence electrons. The molecular formula is C36H58O6. The van der Waals surface area contributed by atoms with Crippen LogP contribution in [0.15, 0.2) is 11.6 Å². The van der Waals surface area contributed by atoms with Gasteiger partial charge in [-0.2, -0.15) is 0 Å². The van der Waals surface area contributed by atoms with Crippen molar-refractivity contribution in [2.45, 2.75) is 144 Å². The summed E-state index contributed by atoms with van der Waals surface area (Å²) in [4.78, 5) is 12.9. The molecular weight excluding hydrogens is 528 g/mol. The zero-order valence-corrected chi connectivity index (χ0v) is 27.3. The maximum atomic E-state index is 12.9. The maximum Gasteiger partial charge on any atom is 0.310 e. The Hall–Kier alpha value is -0.950. The van der Waals surface area contributed by atoms with Crippen molar-refractivity contribution in [2.75, 3.05) is 6.61 Å². The molecule has 6 rings (SSSR count). The first-order valence-electron chi connectivity index (χ1n) is 17.0.